The first-order chi connectivity index (χ1) is 13.9. The maximum atomic E-state index is 13.0. The normalized spacial score (nSPS) is 13.2. The van der Waals surface area contributed by atoms with Gasteiger partial charge >= 0.3 is 5.69 Å². The molecule has 0 atom stereocenters. The van der Waals surface area contributed by atoms with Crippen LogP contribution < -0.4 is 16.6 Å². The fourth-order valence-corrected chi connectivity index (χ4v) is 4.71. The number of hydrogen-bond acceptors (Lipinski definition) is 4. The van der Waals surface area contributed by atoms with E-state index in [1.165, 1.54) is 31.6 Å². The topological polar surface area (TPSA) is 73.1 Å². The molecule has 1 aromatic carbocycles. The maximum absolute atomic E-state index is 13.0. The third-order valence-corrected chi connectivity index (χ3v) is 6.34. The fourth-order valence-electron chi connectivity index (χ4n) is 3.86. The van der Waals surface area contributed by atoms with Crippen LogP contribution in [0.4, 0.5) is 5.69 Å². The summed E-state index contributed by atoms with van der Waals surface area (Å²) >= 11 is 1.31. The summed E-state index contributed by atoms with van der Waals surface area (Å²) in [6, 6.07) is 7.73. The summed E-state index contributed by atoms with van der Waals surface area (Å²) in [7, 11) is 0. The SMILES string of the molecule is CC(C)CCn1c(=O)c2sccc2n(CC(=O)Nc2ccc3c(c2)CCC3)c1=O. The molecule has 152 valence electrons. The van der Waals surface area contributed by atoms with Crippen LogP contribution in [0.15, 0.2) is 39.2 Å². The summed E-state index contributed by atoms with van der Waals surface area (Å²) in [5.41, 5.74) is 3.20. The number of carbonyl (C=O) groups is 1. The second-order valence-corrected chi connectivity index (χ2v) is 8.94. The van der Waals surface area contributed by atoms with Gasteiger partial charge in [0.05, 0.1) is 5.52 Å². The lowest BCUT2D eigenvalue weighted by Crippen LogP contribution is -2.41. The van der Waals surface area contributed by atoms with Crippen LogP contribution in [0.5, 0.6) is 0 Å². The first kappa shape index (κ1) is 19.6. The van der Waals surface area contributed by atoms with E-state index in [0.717, 1.165) is 31.4 Å². The fraction of sp³-hybridized carbons (Fsp3) is 0.409. The van der Waals surface area contributed by atoms with Crippen molar-refractivity contribution in [1.29, 1.82) is 0 Å². The Balaban J connectivity index is 1.63. The quantitative estimate of drug-likeness (QED) is 0.676. The van der Waals surface area contributed by atoms with Gasteiger partial charge in [-0.25, -0.2) is 4.79 Å². The maximum Gasteiger partial charge on any atom is 0.332 e. The van der Waals surface area contributed by atoms with Gasteiger partial charge in [0, 0.05) is 12.2 Å². The molecule has 1 aliphatic carbocycles. The van der Waals surface area contributed by atoms with E-state index in [2.05, 4.69) is 25.2 Å². The number of carbonyl (C=O) groups excluding carboxylic acids is 1. The van der Waals surface area contributed by atoms with Gasteiger partial charge in [-0.15, -0.1) is 11.3 Å². The van der Waals surface area contributed by atoms with E-state index in [1.807, 2.05) is 12.1 Å². The van der Waals surface area contributed by atoms with Gasteiger partial charge in [-0.05, 0) is 66.3 Å². The summed E-state index contributed by atoms with van der Waals surface area (Å²) in [5, 5.41) is 4.69. The summed E-state index contributed by atoms with van der Waals surface area (Å²) in [6.07, 6.45) is 4.01. The van der Waals surface area contributed by atoms with Crippen molar-refractivity contribution in [2.45, 2.75) is 52.6 Å². The van der Waals surface area contributed by atoms with Crippen molar-refractivity contribution in [3.8, 4) is 0 Å². The zero-order valence-electron chi connectivity index (χ0n) is 16.7. The Hall–Kier alpha value is -2.67. The molecular formula is C22H25N3O3S. The molecule has 29 heavy (non-hydrogen) atoms. The molecule has 2 heterocycles. The van der Waals surface area contributed by atoms with Gasteiger partial charge in [0.2, 0.25) is 5.91 Å². The van der Waals surface area contributed by atoms with Crippen molar-refractivity contribution in [3.63, 3.8) is 0 Å². The van der Waals surface area contributed by atoms with Crippen LogP contribution in [0.1, 0.15) is 37.8 Å². The van der Waals surface area contributed by atoms with Gasteiger partial charge in [0.1, 0.15) is 11.2 Å². The number of nitrogens with zero attached hydrogens (tertiary/aromatic N) is 2. The zero-order chi connectivity index (χ0) is 20.5. The first-order valence-electron chi connectivity index (χ1n) is 10.1. The molecule has 0 bridgehead atoms. The minimum absolute atomic E-state index is 0.120. The molecule has 2 aromatic heterocycles. The molecular weight excluding hydrogens is 386 g/mol. The molecule has 0 saturated heterocycles. The lowest BCUT2D eigenvalue weighted by atomic mass is 10.1. The van der Waals surface area contributed by atoms with Crippen molar-refractivity contribution in [3.05, 3.63) is 61.6 Å². The number of benzene rings is 1. The summed E-state index contributed by atoms with van der Waals surface area (Å²) < 4.78 is 3.19. The monoisotopic (exact) mass is 411 g/mol. The number of aryl methyl sites for hydroxylation is 2. The Morgan fingerprint density at radius 1 is 1.14 bits per heavy atom. The van der Waals surface area contributed by atoms with Gasteiger partial charge < -0.3 is 5.32 Å². The van der Waals surface area contributed by atoms with Crippen molar-refractivity contribution < 1.29 is 4.79 Å². The number of amides is 1. The van der Waals surface area contributed by atoms with Gasteiger partial charge in [-0.2, -0.15) is 0 Å². The van der Waals surface area contributed by atoms with Crippen molar-refractivity contribution >= 4 is 33.1 Å². The molecule has 4 rings (SSSR count). The van der Waals surface area contributed by atoms with Crippen molar-refractivity contribution in [1.82, 2.24) is 9.13 Å². The van der Waals surface area contributed by atoms with E-state index < -0.39 is 5.69 Å². The van der Waals surface area contributed by atoms with Crippen LogP contribution in [-0.2, 0) is 30.7 Å². The summed E-state index contributed by atoms with van der Waals surface area (Å²) in [5.74, 6) is 0.100. The van der Waals surface area contributed by atoms with E-state index in [-0.39, 0.29) is 18.0 Å². The van der Waals surface area contributed by atoms with Crippen molar-refractivity contribution in [2.24, 2.45) is 5.92 Å². The first-order valence-corrected chi connectivity index (χ1v) is 10.9. The number of thiophene rings is 1. The Kier molecular flexibility index (Phi) is 5.41. The molecule has 7 heteroatoms. The summed E-state index contributed by atoms with van der Waals surface area (Å²) in [4.78, 5) is 38.4. The standard InChI is InChI=1S/C22H25N3O3S/c1-14(2)8-10-24-21(27)20-18(9-11-29-20)25(22(24)28)13-19(26)23-17-7-6-15-4-3-5-16(15)12-17/h6-7,9,11-12,14H,3-5,8,10,13H2,1-2H3,(H,23,26). The number of aromatic nitrogens is 2. The Morgan fingerprint density at radius 2 is 1.93 bits per heavy atom. The average Bonchev–Trinajstić information content (AvgIpc) is 3.34. The molecule has 0 saturated carbocycles. The lowest BCUT2D eigenvalue weighted by molar-refractivity contribution is -0.116. The molecule has 0 radical (unpaired) electrons. The smallest absolute Gasteiger partial charge is 0.325 e. The molecule has 0 fully saturated rings. The van der Waals surface area contributed by atoms with Crippen LogP contribution in [0, 0.1) is 5.92 Å². The van der Waals surface area contributed by atoms with E-state index in [1.54, 1.807) is 11.4 Å². The van der Waals surface area contributed by atoms with Crippen LogP contribution in [-0.4, -0.2) is 15.0 Å². The minimum atomic E-state index is -0.425. The van der Waals surface area contributed by atoms with Gasteiger partial charge in [0.25, 0.3) is 5.56 Å². The second-order valence-electron chi connectivity index (χ2n) is 8.03. The Labute approximate surface area is 172 Å². The highest BCUT2D eigenvalue weighted by Crippen LogP contribution is 2.25. The minimum Gasteiger partial charge on any atom is -0.325 e. The molecule has 0 spiro atoms. The third kappa shape index (κ3) is 3.92. The van der Waals surface area contributed by atoms with E-state index >= 15 is 0 Å². The van der Waals surface area contributed by atoms with E-state index in [9.17, 15) is 14.4 Å². The number of rotatable bonds is 6. The zero-order valence-corrected chi connectivity index (χ0v) is 17.6. The number of fused-ring (bicyclic) bond motifs is 2. The van der Waals surface area contributed by atoms with Crippen LogP contribution in [0.3, 0.4) is 0 Å². The highest BCUT2D eigenvalue weighted by Gasteiger charge is 2.17. The molecule has 0 unspecified atom stereocenters. The lowest BCUT2D eigenvalue weighted by Gasteiger charge is -2.13. The van der Waals surface area contributed by atoms with Gasteiger partial charge in [-0.3, -0.25) is 18.7 Å². The molecule has 6 nitrogen and oxygen atoms in total. The Bertz CT molecular complexity index is 1190. The number of anilines is 1. The summed E-state index contributed by atoms with van der Waals surface area (Å²) in [6.45, 7) is 4.34. The van der Waals surface area contributed by atoms with Crippen LogP contribution in [0.25, 0.3) is 10.2 Å². The van der Waals surface area contributed by atoms with Gasteiger partial charge in [-0.1, -0.05) is 19.9 Å². The molecule has 1 amide bonds. The predicted molar refractivity (Wildman–Crippen MR) is 117 cm³/mol. The molecule has 1 aliphatic rings. The predicted octanol–water partition coefficient (Wildman–Crippen LogP) is 3.40. The van der Waals surface area contributed by atoms with E-state index in [0.29, 0.717) is 22.7 Å². The Morgan fingerprint density at radius 3 is 2.72 bits per heavy atom. The highest BCUT2D eigenvalue weighted by molar-refractivity contribution is 7.17. The molecule has 3 aromatic rings. The van der Waals surface area contributed by atoms with Crippen LogP contribution >= 0.6 is 11.3 Å². The van der Waals surface area contributed by atoms with E-state index in [4.69, 9.17) is 0 Å². The third-order valence-electron chi connectivity index (χ3n) is 5.45. The number of nitrogens with one attached hydrogen (secondary N) is 1. The average molecular weight is 412 g/mol. The van der Waals surface area contributed by atoms with Gasteiger partial charge in [0.15, 0.2) is 0 Å². The van der Waals surface area contributed by atoms with Crippen LogP contribution in [0.2, 0.25) is 0 Å². The molecule has 1 N–H and O–H groups in total. The molecule has 0 aliphatic heterocycles. The van der Waals surface area contributed by atoms with Crippen molar-refractivity contribution in [2.75, 3.05) is 5.32 Å². The highest BCUT2D eigenvalue weighted by atomic mass is 32.1. The number of hydrogen-bond donors (Lipinski definition) is 1. The largest absolute Gasteiger partial charge is 0.332 e. The second kappa shape index (κ2) is 7.99.